The van der Waals surface area contributed by atoms with Gasteiger partial charge in [0.15, 0.2) is 6.10 Å². The molecular weight excluding hydrogens is 330 g/mol. The van der Waals surface area contributed by atoms with Crippen molar-refractivity contribution in [3.63, 3.8) is 0 Å². The molecular formula is C16H17N3O4S. The summed E-state index contributed by atoms with van der Waals surface area (Å²) in [5.41, 5.74) is 0.854. The largest absolute Gasteiger partial charge is 0.467 e. The number of rotatable bonds is 5. The third-order valence-electron chi connectivity index (χ3n) is 3.57. The lowest BCUT2D eigenvalue weighted by Gasteiger charge is -2.12. The van der Waals surface area contributed by atoms with E-state index in [1.807, 2.05) is 14.0 Å². The Morgan fingerprint density at radius 2 is 2.29 bits per heavy atom. The summed E-state index contributed by atoms with van der Waals surface area (Å²) in [5, 5.41) is 7.87. The van der Waals surface area contributed by atoms with E-state index < -0.39 is 12.1 Å². The van der Waals surface area contributed by atoms with Crippen molar-refractivity contribution in [3.8, 4) is 0 Å². The highest BCUT2D eigenvalue weighted by molar-refractivity contribution is 7.20. The molecule has 3 aromatic rings. The summed E-state index contributed by atoms with van der Waals surface area (Å²) in [6.45, 7) is 3.67. The maximum atomic E-state index is 12.2. The first-order valence-electron chi connectivity index (χ1n) is 7.40. The number of ether oxygens (including phenoxy) is 1. The van der Waals surface area contributed by atoms with Crippen molar-refractivity contribution in [1.29, 1.82) is 0 Å². The number of carbonyl (C=O) groups excluding carboxylic acids is 2. The Kier molecular flexibility index (Phi) is 4.39. The Morgan fingerprint density at radius 3 is 2.96 bits per heavy atom. The average Bonchev–Trinajstić information content (AvgIpc) is 3.25. The van der Waals surface area contributed by atoms with Gasteiger partial charge in [-0.2, -0.15) is 5.10 Å². The van der Waals surface area contributed by atoms with Gasteiger partial charge < -0.3 is 14.5 Å². The van der Waals surface area contributed by atoms with Gasteiger partial charge in [0.2, 0.25) is 0 Å². The molecule has 1 amide bonds. The lowest BCUT2D eigenvalue weighted by Crippen LogP contribution is -2.35. The van der Waals surface area contributed by atoms with E-state index in [0.717, 1.165) is 15.9 Å². The van der Waals surface area contributed by atoms with Crippen molar-refractivity contribution in [1.82, 2.24) is 15.1 Å². The second kappa shape index (κ2) is 6.48. The standard InChI is InChI=1S/C16H17N3O4S/c1-9-12-7-13(24-15(12)19(3)18-9)16(21)23-10(2)14(20)17-8-11-5-4-6-22-11/h4-7,10H,8H2,1-3H3,(H,17,20)/t10-/m1/s1. The molecule has 0 spiro atoms. The fourth-order valence-electron chi connectivity index (χ4n) is 2.31. The number of hydrogen-bond acceptors (Lipinski definition) is 6. The van der Waals surface area contributed by atoms with Crippen molar-refractivity contribution in [3.05, 3.63) is 40.8 Å². The lowest BCUT2D eigenvalue weighted by molar-refractivity contribution is -0.129. The van der Waals surface area contributed by atoms with E-state index in [2.05, 4.69) is 10.4 Å². The molecule has 24 heavy (non-hydrogen) atoms. The molecule has 0 aliphatic rings. The van der Waals surface area contributed by atoms with Crippen LogP contribution in [0.15, 0.2) is 28.9 Å². The van der Waals surface area contributed by atoms with Crippen LogP contribution in [-0.2, 0) is 23.1 Å². The molecule has 0 aromatic carbocycles. The minimum absolute atomic E-state index is 0.251. The molecule has 0 unspecified atom stereocenters. The van der Waals surface area contributed by atoms with Crippen molar-refractivity contribution in [2.75, 3.05) is 0 Å². The minimum Gasteiger partial charge on any atom is -0.467 e. The fourth-order valence-corrected chi connectivity index (χ4v) is 3.32. The van der Waals surface area contributed by atoms with Crippen molar-refractivity contribution in [2.24, 2.45) is 7.05 Å². The summed E-state index contributed by atoms with van der Waals surface area (Å²) in [6.07, 6.45) is 0.639. The molecule has 0 saturated carbocycles. The number of aromatic nitrogens is 2. The van der Waals surface area contributed by atoms with Crippen LogP contribution >= 0.6 is 11.3 Å². The second-order valence-electron chi connectivity index (χ2n) is 5.38. The van der Waals surface area contributed by atoms with E-state index in [-0.39, 0.29) is 12.5 Å². The van der Waals surface area contributed by atoms with Gasteiger partial charge in [0.1, 0.15) is 15.5 Å². The zero-order valence-corrected chi connectivity index (χ0v) is 14.3. The van der Waals surface area contributed by atoms with Crippen LogP contribution in [0.25, 0.3) is 10.2 Å². The summed E-state index contributed by atoms with van der Waals surface area (Å²) < 4.78 is 12.1. The molecule has 3 heterocycles. The van der Waals surface area contributed by atoms with Gasteiger partial charge in [0, 0.05) is 12.4 Å². The molecule has 1 N–H and O–H groups in total. The molecule has 0 radical (unpaired) electrons. The molecule has 8 heteroatoms. The Labute approximate surface area is 142 Å². The van der Waals surface area contributed by atoms with Crippen LogP contribution < -0.4 is 5.32 Å². The third-order valence-corrected chi connectivity index (χ3v) is 4.75. The van der Waals surface area contributed by atoms with Crippen LogP contribution in [0, 0.1) is 6.92 Å². The van der Waals surface area contributed by atoms with E-state index in [1.54, 1.807) is 22.9 Å². The topological polar surface area (TPSA) is 86.4 Å². The Morgan fingerprint density at radius 1 is 1.50 bits per heavy atom. The smallest absolute Gasteiger partial charge is 0.349 e. The monoisotopic (exact) mass is 347 g/mol. The first kappa shape index (κ1) is 16.3. The van der Waals surface area contributed by atoms with E-state index in [9.17, 15) is 9.59 Å². The first-order chi connectivity index (χ1) is 11.5. The summed E-state index contributed by atoms with van der Waals surface area (Å²) in [5.74, 6) is -0.260. The normalized spacial score (nSPS) is 12.3. The minimum atomic E-state index is -0.892. The highest BCUT2D eigenvalue weighted by Gasteiger charge is 2.21. The van der Waals surface area contributed by atoms with Crippen LogP contribution in [0.5, 0.6) is 0 Å². The highest BCUT2D eigenvalue weighted by Crippen LogP contribution is 2.28. The second-order valence-corrected chi connectivity index (χ2v) is 6.41. The van der Waals surface area contributed by atoms with E-state index in [4.69, 9.17) is 9.15 Å². The molecule has 1 atom stereocenters. The number of hydrogen-bond donors (Lipinski definition) is 1. The predicted octanol–water partition coefficient (Wildman–Crippen LogP) is 2.40. The summed E-state index contributed by atoms with van der Waals surface area (Å²) >= 11 is 1.30. The molecule has 3 aromatic heterocycles. The van der Waals surface area contributed by atoms with Gasteiger partial charge in [0.05, 0.1) is 18.5 Å². The zero-order valence-electron chi connectivity index (χ0n) is 13.5. The van der Waals surface area contributed by atoms with Crippen molar-refractivity contribution in [2.45, 2.75) is 26.5 Å². The van der Waals surface area contributed by atoms with Gasteiger partial charge in [-0.3, -0.25) is 9.48 Å². The molecule has 126 valence electrons. The number of amides is 1. The average molecular weight is 347 g/mol. The summed E-state index contributed by atoms with van der Waals surface area (Å²) in [6, 6.07) is 5.24. The van der Waals surface area contributed by atoms with Crippen LogP contribution in [-0.4, -0.2) is 27.8 Å². The van der Waals surface area contributed by atoms with Gasteiger partial charge >= 0.3 is 5.97 Å². The number of aryl methyl sites for hydroxylation is 2. The maximum Gasteiger partial charge on any atom is 0.349 e. The van der Waals surface area contributed by atoms with Crippen LogP contribution in [0.3, 0.4) is 0 Å². The molecule has 0 bridgehead atoms. The van der Waals surface area contributed by atoms with Gasteiger partial charge in [-0.1, -0.05) is 0 Å². The first-order valence-corrected chi connectivity index (χ1v) is 8.21. The molecule has 7 nitrogen and oxygen atoms in total. The number of furan rings is 1. The number of carbonyl (C=O) groups is 2. The third kappa shape index (κ3) is 3.18. The Hall–Kier alpha value is -2.61. The molecule has 3 rings (SSSR count). The van der Waals surface area contributed by atoms with Crippen LogP contribution in [0.4, 0.5) is 0 Å². The summed E-state index contributed by atoms with van der Waals surface area (Å²) in [4.78, 5) is 25.6. The zero-order chi connectivity index (χ0) is 17.3. The molecule has 0 aliphatic carbocycles. The van der Waals surface area contributed by atoms with E-state index in [0.29, 0.717) is 10.6 Å². The number of nitrogens with one attached hydrogen (secondary N) is 1. The van der Waals surface area contributed by atoms with E-state index in [1.165, 1.54) is 24.5 Å². The molecule has 0 fully saturated rings. The van der Waals surface area contributed by atoms with Gasteiger partial charge in [-0.15, -0.1) is 11.3 Å². The van der Waals surface area contributed by atoms with E-state index >= 15 is 0 Å². The van der Waals surface area contributed by atoms with Gasteiger partial charge in [-0.25, -0.2) is 4.79 Å². The summed E-state index contributed by atoms with van der Waals surface area (Å²) in [7, 11) is 1.83. The highest BCUT2D eigenvalue weighted by atomic mass is 32.1. The number of fused-ring (bicyclic) bond motifs is 1. The Balaban J connectivity index is 1.62. The van der Waals surface area contributed by atoms with Crippen molar-refractivity contribution < 1.29 is 18.7 Å². The lowest BCUT2D eigenvalue weighted by atomic mass is 10.3. The maximum absolute atomic E-state index is 12.2. The van der Waals surface area contributed by atoms with Gasteiger partial charge in [0.25, 0.3) is 5.91 Å². The quantitative estimate of drug-likeness (QED) is 0.716. The Bertz CT molecular complexity index is 844. The van der Waals surface area contributed by atoms with Gasteiger partial charge in [-0.05, 0) is 32.0 Å². The molecule has 0 saturated heterocycles. The van der Waals surface area contributed by atoms with Crippen LogP contribution in [0.1, 0.15) is 28.0 Å². The van der Waals surface area contributed by atoms with Crippen LogP contribution in [0.2, 0.25) is 0 Å². The fraction of sp³-hybridized carbons (Fsp3) is 0.312. The van der Waals surface area contributed by atoms with Crippen molar-refractivity contribution >= 4 is 33.4 Å². The SMILES string of the molecule is Cc1nn(C)c2sc(C(=O)O[C@H](C)C(=O)NCc3ccco3)cc12. The molecule has 0 aliphatic heterocycles. The predicted molar refractivity (Wildman–Crippen MR) is 88.8 cm³/mol. The number of nitrogens with zero attached hydrogens (tertiary/aromatic N) is 2. The number of thiophene rings is 1. The number of esters is 1.